The molecule has 2 aromatic carbocycles. The number of H-pyrrole nitrogens is 1. The van der Waals surface area contributed by atoms with Crippen LogP contribution < -0.4 is 10.9 Å². The number of aromatic carboxylic acids is 1. The molecule has 3 rings (SSSR count). The van der Waals surface area contributed by atoms with Crippen molar-refractivity contribution in [2.24, 2.45) is 0 Å². The number of carbonyl (C=O) groups excluding carboxylic acids is 1. The monoisotopic (exact) mass is 436 g/mol. The lowest BCUT2D eigenvalue weighted by Crippen LogP contribution is -2.31. The summed E-state index contributed by atoms with van der Waals surface area (Å²) in [6.45, 7) is -0.172. The Morgan fingerprint density at radius 1 is 1.23 bits per heavy atom. The van der Waals surface area contributed by atoms with Crippen molar-refractivity contribution < 1.29 is 28.2 Å². The van der Waals surface area contributed by atoms with Gasteiger partial charge < -0.3 is 20.1 Å². The molecule has 0 bridgehead atoms. The first-order valence-corrected chi connectivity index (χ1v) is 8.94. The molecule has 1 heterocycles. The third-order valence-corrected chi connectivity index (χ3v) is 4.64. The predicted octanol–water partition coefficient (Wildman–Crippen LogP) is 3.16. The number of hydrogen-bond donors (Lipinski definition) is 3. The molecule has 0 aliphatic carbocycles. The van der Waals surface area contributed by atoms with E-state index in [4.69, 9.17) is 21.4 Å². The van der Waals surface area contributed by atoms with Crippen molar-refractivity contribution in [1.29, 1.82) is 0 Å². The highest BCUT2D eigenvalue weighted by molar-refractivity contribution is 6.31. The molecule has 1 unspecified atom stereocenters. The maximum Gasteiger partial charge on any atom is 0.341 e. The number of carboxylic acids is 1. The van der Waals surface area contributed by atoms with Gasteiger partial charge in [-0.05, 0) is 35.9 Å². The molecule has 0 radical (unpaired) electrons. The van der Waals surface area contributed by atoms with Crippen molar-refractivity contribution in [3.05, 3.63) is 80.1 Å². The van der Waals surface area contributed by atoms with Crippen LogP contribution in [0.5, 0.6) is 0 Å². The van der Waals surface area contributed by atoms with Gasteiger partial charge in [0, 0.05) is 24.1 Å². The number of aromatic nitrogens is 1. The van der Waals surface area contributed by atoms with Crippen molar-refractivity contribution in [3.8, 4) is 0 Å². The number of carbonyl (C=O) groups is 2. The number of halogens is 3. The number of benzene rings is 2. The molecule has 0 spiro atoms. The van der Waals surface area contributed by atoms with Crippen LogP contribution in [0.4, 0.5) is 8.78 Å². The number of methoxy groups -OCH3 is 1. The second-order valence-electron chi connectivity index (χ2n) is 6.32. The molecule has 0 saturated heterocycles. The van der Waals surface area contributed by atoms with Crippen LogP contribution in [0.25, 0.3) is 10.9 Å². The van der Waals surface area contributed by atoms with Crippen molar-refractivity contribution >= 4 is 34.4 Å². The predicted molar refractivity (Wildman–Crippen MR) is 104 cm³/mol. The van der Waals surface area contributed by atoms with Gasteiger partial charge in [-0.3, -0.25) is 9.59 Å². The summed E-state index contributed by atoms with van der Waals surface area (Å²) in [6, 6.07) is 7.27. The van der Waals surface area contributed by atoms with Crippen LogP contribution in [0.2, 0.25) is 5.02 Å². The third-order valence-electron chi connectivity index (χ3n) is 4.42. The van der Waals surface area contributed by atoms with Crippen LogP contribution in [0.15, 0.2) is 41.2 Å². The minimum absolute atomic E-state index is 0.172. The van der Waals surface area contributed by atoms with Gasteiger partial charge in [-0.1, -0.05) is 17.7 Å². The van der Waals surface area contributed by atoms with Gasteiger partial charge in [0.1, 0.15) is 17.2 Å². The topological polar surface area (TPSA) is 108 Å². The van der Waals surface area contributed by atoms with Gasteiger partial charge in [0.15, 0.2) is 6.10 Å². The van der Waals surface area contributed by atoms with E-state index < -0.39 is 46.3 Å². The number of ether oxygens (including phenoxy) is 1. The zero-order chi connectivity index (χ0) is 22.0. The van der Waals surface area contributed by atoms with E-state index >= 15 is 0 Å². The van der Waals surface area contributed by atoms with Crippen LogP contribution >= 0.6 is 11.6 Å². The average Bonchev–Trinajstić information content (AvgIpc) is 2.68. The summed E-state index contributed by atoms with van der Waals surface area (Å²) in [5.74, 6) is -4.09. The zero-order valence-corrected chi connectivity index (χ0v) is 16.2. The molecule has 3 N–H and O–H groups in total. The van der Waals surface area contributed by atoms with Gasteiger partial charge in [0.2, 0.25) is 0 Å². The van der Waals surface area contributed by atoms with Gasteiger partial charge in [0.05, 0.1) is 11.1 Å². The number of pyridine rings is 1. The highest BCUT2D eigenvalue weighted by atomic mass is 35.5. The number of hydrogen-bond acceptors (Lipinski definition) is 4. The Bertz CT molecular complexity index is 1190. The van der Waals surface area contributed by atoms with Gasteiger partial charge in [-0.15, -0.1) is 0 Å². The Kier molecular flexibility index (Phi) is 6.14. The van der Waals surface area contributed by atoms with Gasteiger partial charge >= 0.3 is 5.97 Å². The Morgan fingerprint density at radius 2 is 1.90 bits per heavy atom. The van der Waals surface area contributed by atoms with Crippen molar-refractivity contribution in [2.45, 2.75) is 12.6 Å². The lowest BCUT2D eigenvalue weighted by Gasteiger charge is -2.17. The van der Waals surface area contributed by atoms with E-state index in [1.165, 1.54) is 24.3 Å². The lowest BCUT2D eigenvalue weighted by molar-refractivity contribution is -0.131. The van der Waals surface area contributed by atoms with Crippen LogP contribution in [-0.2, 0) is 16.1 Å². The number of rotatable bonds is 6. The minimum atomic E-state index is -1.55. The first kappa shape index (κ1) is 21.4. The molecular formula is C20H15ClF2N2O5. The van der Waals surface area contributed by atoms with E-state index in [0.29, 0.717) is 10.9 Å². The molecule has 1 aromatic heterocycles. The number of fused-ring (bicyclic) bond motifs is 1. The molecule has 7 nitrogen and oxygen atoms in total. The van der Waals surface area contributed by atoms with Crippen LogP contribution in [0, 0.1) is 11.6 Å². The minimum Gasteiger partial charge on any atom is -0.477 e. The van der Waals surface area contributed by atoms with E-state index in [2.05, 4.69) is 10.3 Å². The largest absolute Gasteiger partial charge is 0.477 e. The maximum atomic E-state index is 14.0. The molecule has 1 atom stereocenters. The number of amides is 1. The molecule has 1 amide bonds. The standard InChI is InChI=1S/C20H15ClF2N2O5/c1-30-17(15-13(22)3-2-4-14(15)23)19(27)24-8-10-6-11(21)5-9-7-12(20(28)29)18(26)25-16(9)10/h2-7,17H,8H2,1H3,(H,24,27)(H,25,26)(H,28,29). The summed E-state index contributed by atoms with van der Waals surface area (Å²) < 4.78 is 33.0. The normalized spacial score (nSPS) is 12.0. The van der Waals surface area contributed by atoms with Crippen molar-refractivity contribution in [1.82, 2.24) is 10.3 Å². The highest BCUT2D eigenvalue weighted by Crippen LogP contribution is 2.25. The second kappa shape index (κ2) is 8.60. The number of nitrogens with one attached hydrogen (secondary N) is 2. The number of carboxylic acid groups (broad SMARTS) is 1. The molecular weight excluding hydrogens is 422 g/mol. The summed E-state index contributed by atoms with van der Waals surface area (Å²) in [6.07, 6.45) is -1.55. The van der Waals surface area contributed by atoms with Crippen LogP contribution in [0.3, 0.4) is 0 Å². The quantitative estimate of drug-likeness (QED) is 0.550. The molecule has 3 aromatic rings. The van der Waals surface area contributed by atoms with Crippen LogP contribution in [-0.4, -0.2) is 29.1 Å². The Balaban J connectivity index is 1.93. The second-order valence-corrected chi connectivity index (χ2v) is 6.75. The van der Waals surface area contributed by atoms with E-state index in [0.717, 1.165) is 19.2 Å². The first-order chi connectivity index (χ1) is 14.2. The molecule has 10 heteroatoms. The Hall–Kier alpha value is -3.30. The lowest BCUT2D eigenvalue weighted by atomic mass is 10.1. The van der Waals surface area contributed by atoms with E-state index in [1.54, 1.807) is 0 Å². The average molecular weight is 437 g/mol. The molecule has 0 aliphatic heterocycles. The van der Waals surface area contributed by atoms with E-state index in [-0.39, 0.29) is 17.1 Å². The summed E-state index contributed by atoms with van der Waals surface area (Å²) in [7, 11) is 1.13. The Morgan fingerprint density at radius 3 is 2.50 bits per heavy atom. The highest BCUT2D eigenvalue weighted by Gasteiger charge is 2.27. The Labute approximate surface area is 173 Å². The van der Waals surface area contributed by atoms with Crippen LogP contribution in [0.1, 0.15) is 27.6 Å². The van der Waals surface area contributed by atoms with Crippen molar-refractivity contribution in [3.63, 3.8) is 0 Å². The third kappa shape index (κ3) is 4.17. The van der Waals surface area contributed by atoms with Gasteiger partial charge in [0.25, 0.3) is 11.5 Å². The fraction of sp³-hybridized carbons (Fsp3) is 0.150. The number of aromatic amines is 1. The van der Waals surface area contributed by atoms with Gasteiger partial charge in [-0.25, -0.2) is 13.6 Å². The summed E-state index contributed by atoms with van der Waals surface area (Å²) in [4.78, 5) is 38.2. The van der Waals surface area contributed by atoms with E-state index in [9.17, 15) is 23.2 Å². The maximum absolute atomic E-state index is 14.0. The fourth-order valence-corrected chi connectivity index (χ4v) is 3.29. The summed E-state index contributed by atoms with van der Waals surface area (Å²) in [5, 5.41) is 12.2. The summed E-state index contributed by atoms with van der Waals surface area (Å²) >= 11 is 6.06. The molecule has 156 valence electrons. The van der Waals surface area contributed by atoms with E-state index in [1.807, 2.05) is 0 Å². The molecule has 0 saturated carbocycles. The van der Waals surface area contributed by atoms with Gasteiger partial charge in [-0.2, -0.15) is 0 Å². The SMILES string of the molecule is COC(C(=O)NCc1cc(Cl)cc2cc(C(=O)O)c(=O)[nH]c12)c1c(F)cccc1F. The van der Waals surface area contributed by atoms with Crippen molar-refractivity contribution in [2.75, 3.05) is 7.11 Å². The molecule has 0 aliphatic rings. The first-order valence-electron chi connectivity index (χ1n) is 8.56. The fourth-order valence-electron chi connectivity index (χ4n) is 3.05. The smallest absolute Gasteiger partial charge is 0.341 e. The molecule has 0 fully saturated rings. The summed E-state index contributed by atoms with van der Waals surface area (Å²) in [5.41, 5.74) is -1.19. The zero-order valence-electron chi connectivity index (χ0n) is 15.5. The molecule has 30 heavy (non-hydrogen) atoms.